The summed E-state index contributed by atoms with van der Waals surface area (Å²) in [5.74, 6) is 0.858. The van der Waals surface area contributed by atoms with E-state index in [2.05, 4.69) is 32.7 Å². The lowest BCUT2D eigenvalue weighted by Crippen LogP contribution is -2.12. The number of nitrogens with one attached hydrogen (secondary N) is 1. The molecule has 0 spiro atoms. The van der Waals surface area contributed by atoms with Crippen molar-refractivity contribution in [1.29, 1.82) is 0 Å². The second-order valence-corrected chi connectivity index (χ2v) is 6.04. The van der Waals surface area contributed by atoms with Crippen LogP contribution in [0.2, 0.25) is 5.02 Å². The molecule has 0 aliphatic carbocycles. The third kappa shape index (κ3) is 3.48. The van der Waals surface area contributed by atoms with E-state index in [0.717, 1.165) is 33.9 Å². The quantitative estimate of drug-likeness (QED) is 0.863. The summed E-state index contributed by atoms with van der Waals surface area (Å²) in [5, 5.41) is 6.19. The first-order valence-corrected chi connectivity index (χ1v) is 7.51. The molecule has 1 aromatic carbocycles. The van der Waals surface area contributed by atoms with Crippen LogP contribution in [-0.2, 0) is 13.1 Å². The van der Waals surface area contributed by atoms with Crippen LogP contribution in [0.5, 0.6) is 5.75 Å². The average molecular weight is 347 g/mol. The molecule has 2 aromatic rings. The highest BCUT2D eigenvalue weighted by Gasteiger charge is 2.05. The lowest BCUT2D eigenvalue weighted by molar-refractivity contribution is 0.407. The minimum absolute atomic E-state index is 0.727. The maximum absolute atomic E-state index is 5.99. The van der Waals surface area contributed by atoms with Crippen molar-refractivity contribution in [2.45, 2.75) is 13.1 Å². The van der Waals surface area contributed by atoms with Gasteiger partial charge in [0.25, 0.3) is 0 Å². The van der Waals surface area contributed by atoms with Gasteiger partial charge in [-0.05, 0) is 45.6 Å². The minimum atomic E-state index is 0.727. The Hall–Kier alpha value is -0.550. The Morgan fingerprint density at radius 2 is 2.17 bits per heavy atom. The molecule has 0 radical (unpaired) electrons. The zero-order valence-electron chi connectivity index (χ0n) is 9.87. The van der Waals surface area contributed by atoms with E-state index in [-0.39, 0.29) is 0 Å². The van der Waals surface area contributed by atoms with Gasteiger partial charge in [-0.2, -0.15) is 0 Å². The van der Waals surface area contributed by atoms with Gasteiger partial charge < -0.3 is 10.1 Å². The first kappa shape index (κ1) is 13.9. The fourth-order valence-electron chi connectivity index (χ4n) is 1.65. The SMILES string of the molecule is COc1ccc(Cl)cc1CNCc1sccc1Br. The van der Waals surface area contributed by atoms with E-state index in [4.69, 9.17) is 16.3 Å². The zero-order valence-corrected chi connectivity index (χ0v) is 13.0. The highest BCUT2D eigenvalue weighted by Crippen LogP contribution is 2.24. The Balaban J connectivity index is 1.98. The number of methoxy groups -OCH3 is 1. The number of hydrogen-bond acceptors (Lipinski definition) is 3. The maximum atomic E-state index is 5.99. The first-order valence-electron chi connectivity index (χ1n) is 5.45. The topological polar surface area (TPSA) is 21.3 Å². The second-order valence-electron chi connectivity index (χ2n) is 3.75. The van der Waals surface area contributed by atoms with Crippen LogP contribution in [-0.4, -0.2) is 7.11 Å². The van der Waals surface area contributed by atoms with Gasteiger partial charge in [0.1, 0.15) is 5.75 Å². The summed E-state index contributed by atoms with van der Waals surface area (Å²) in [6, 6.07) is 7.71. The molecule has 0 fully saturated rings. The third-order valence-electron chi connectivity index (χ3n) is 2.53. The molecule has 0 aliphatic rings. The lowest BCUT2D eigenvalue weighted by atomic mass is 10.2. The van der Waals surface area contributed by atoms with E-state index in [9.17, 15) is 0 Å². The molecule has 18 heavy (non-hydrogen) atoms. The van der Waals surface area contributed by atoms with Crippen LogP contribution in [0.25, 0.3) is 0 Å². The molecule has 1 heterocycles. The van der Waals surface area contributed by atoms with Crippen molar-refractivity contribution < 1.29 is 4.74 Å². The predicted molar refractivity (Wildman–Crippen MR) is 80.6 cm³/mol. The number of halogens is 2. The molecule has 0 aliphatic heterocycles. The van der Waals surface area contributed by atoms with Gasteiger partial charge in [0, 0.05) is 33.0 Å². The lowest BCUT2D eigenvalue weighted by Gasteiger charge is -2.09. The highest BCUT2D eigenvalue weighted by atomic mass is 79.9. The monoisotopic (exact) mass is 345 g/mol. The average Bonchev–Trinajstić information content (AvgIpc) is 2.76. The van der Waals surface area contributed by atoms with Gasteiger partial charge in [0.15, 0.2) is 0 Å². The van der Waals surface area contributed by atoms with Gasteiger partial charge >= 0.3 is 0 Å². The Labute approximate surface area is 124 Å². The number of thiophene rings is 1. The Bertz CT molecular complexity index is 529. The minimum Gasteiger partial charge on any atom is -0.496 e. The van der Waals surface area contributed by atoms with Crippen LogP contribution >= 0.6 is 38.9 Å². The largest absolute Gasteiger partial charge is 0.496 e. The number of ether oxygens (including phenoxy) is 1. The molecule has 0 saturated carbocycles. The number of hydrogen-bond donors (Lipinski definition) is 1. The molecule has 0 atom stereocenters. The summed E-state index contributed by atoms with van der Waals surface area (Å²) in [6.45, 7) is 1.56. The highest BCUT2D eigenvalue weighted by molar-refractivity contribution is 9.10. The predicted octanol–water partition coefficient (Wildman–Crippen LogP) is 4.46. The molecule has 0 amide bonds. The summed E-state index contributed by atoms with van der Waals surface area (Å²) in [4.78, 5) is 1.29. The smallest absolute Gasteiger partial charge is 0.123 e. The number of rotatable bonds is 5. The van der Waals surface area contributed by atoms with Gasteiger partial charge in [-0.25, -0.2) is 0 Å². The summed E-state index contributed by atoms with van der Waals surface area (Å²) >= 11 is 11.2. The van der Waals surface area contributed by atoms with Gasteiger partial charge in [0.2, 0.25) is 0 Å². The molecular formula is C13H13BrClNOS. The third-order valence-corrected chi connectivity index (χ3v) is 4.70. The molecule has 96 valence electrons. The molecule has 0 bridgehead atoms. The van der Waals surface area contributed by atoms with Crippen LogP contribution in [0, 0.1) is 0 Å². The summed E-state index contributed by atoms with van der Waals surface area (Å²) in [5.41, 5.74) is 1.07. The van der Waals surface area contributed by atoms with Crippen molar-refractivity contribution in [3.63, 3.8) is 0 Å². The van der Waals surface area contributed by atoms with Gasteiger partial charge in [-0.1, -0.05) is 11.6 Å². The van der Waals surface area contributed by atoms with Crippen LogP contribution in [0.15, 0.2) is 34.1 Å². The van der Waals surface area contributed by atoms with Crippen molar-refractivity contribution in [2.75, 3.05) is 7.11 Å². The Morgan fingerprint density at radius 1 is 1.33 bits per heavy atom. The summed E-state index contributed by atoms with van der Waals surface area (Å²) < 4.78 is 6.46. The van der Waals surface area contributed by atoms with Crippen LogP contribution in [0.1, 0.15) is 10.4 Å². The van der Waals surface area contributed by atoms with Crippen molar-refractivity contribution in [1.82, 2.24) is 5.32 Å². The van der Waals surface area contributed by atoms with E-state index in [1.54, 1.807) is 18.4 Å². The Kier molecular flexibility index (Phi) is 5.06. The van der Waals surface area contributed by atoms with Crippen molar-refractivity contribution in [3.8, 4) is 5.75 Å². The van der Waals surface area contributed by atoms with E-state index < -0.39 is 0 Å². The van der Waals surface area contributed by atoms with Gasteiger partial charge in [-0.3, -0.25) is 0 Å². The standard InChI is InChI=1S/C13H13BrClNOS/c1-17-12-3-2-10(15)6-9(12)7-16-8-13-11(14)4-5-18-13/h2-6,16H,7-8H2,1H3. The molecule has 2 nitrogen and oxygen atoms in total. The van der Waals surface area contributed by atoms with E-state index >= 15 is 0 Å². The van der Waals surface area contributed by atoms with Crippen LogP contribution in [0.4, 0.5) is 0 Å². The summed E-state index contributed by atoms with van der Waals surface area (Å²) in [6.07, 6.45) is 0. The normalized spacial score (nSPS) is 10.6. The molecular weight excluding hydrogens is 334 g/mol. The number of benzene rings is 1. The summed E-state index contributed by atoms with van der Waals surface area (Å²) in [7, 11) is 1.67. The molecule has 1 aromatic heterocycles. The fourth-order valence-corrected chi connectivity index (χ4v) is 3.30. The first-order chi connectivity index (χ1) is 8.70. The fraction of sp³-hybridized carbons (Fsp3) is 0.231. The van der Waals surface area contributed by atoms with Gasteiger partial charge in [0.05, 0.1) is 7.11 Å². The van der Waals surface area contributed by atoms with Crippen LogP contribution < -0.4 is 10.1 Å². The molecule has 0 unspecified atom stereocenters. The molecule has 0 saturated heterocycles. The second kappa shape index (κ2) is 6.57. The van der Waals surface area contributed by atoms with E-state index in [1.165, 1.54) is 4.88 Å². The Morgan fingerprint density at radius 3 is 2.83 bits per heavy atom. The van der Waals surface area contributed by atoms with Crippen molar-refractivity contribution in [2.24, 2.45) is 0 Å². The molecule has 5 heteroatoms. The molecule has 2 rings (SSSR count). The molecule has 1 N–H and O–H groups in total. The van der Waals surface area contributed by atoms with E-state index in [1.807, 2.05) is 18.2 Å². The van der Waals surface area contributed by atoms with Gasteiger partial charge in [-0.15, -0.1) is 11.3 Å². The maximum Gasteiger partial charge on any atom is 0.123 e. The van der Waals surface area contributed by atoms with Crippen LogP contribution in [0.3, 0.4) is 0 Å². The zero-order chi connectivity index (χ0) is 13.0. The van der Waals surface area contributed by atoms with Crippen molar-refractivity contribution >= 4 is 38.9 Å². The van der Waals surface area contributed by atoms with Crippen molar-refractivity contribution in [3.05, 3.63) is 49.6 Å². The van der Waals surface area contributed by atoms with E-state index in [0.29, 0.717) is 0 Å².